The van der Waals surface area contributed by atoms with Gasteiger partial charge in [-0.2, -0.15) is 0 Å². The summed E-state index contributed by atoms with van der Waals surface area (Å²) in [4.78, 5) is 24.2. The number of nitrogens with zero attached hydrogens (tertiary/aromatic N) is 2. The van der Waals surface area contributed by atoms with Crippen LogP contribution in [-0.2, 0) is 9.16 Å². The fourth-order valence-corrected chi connectivity index (χ4v) is 3.74. The average molecular weight is 373 g/mol. The first-order chi connectivity index (χ1) is 11.1. The molecule has 1 heterocycles. The topological polar surface area (TPSA) is 81.9 Å². The zero-order valence-corrected chi connectivity index (χ0v) is 17.7. The summed E-state index contributed by atoms with van der Waals surface area (Å²) < 4.78 is 11.8. The van der Waals surface area contributed by atoms with E-state index in [1.165, 1.54) is 11.0 Å². The van der Waals surface area contributed by atoms with Crippen molar-refractivity contribution in [1.29, 1.82) is 0 Å². The predicted octanol–water partition coefficient (Wildman–Crippen LogP) is 4.18. The van der Waals surface area contributed by atoms with E-state index in [0.29, 0.717) is 13.0 Å². The zero-order valence-electron chi connectivity index (χ0n) is 16.7. The number of carbonyl (C=O) groups excluding carboxylic acids is 1. The van der Waals surface area contributed by atoms with Crippen LogP contribution in [0.25, 0.3) is 0 Å². The normalized spacial score (nSPS) is 22.5. The molecule has 1 aliphatic heterocycles. The van der Waals surface area contributed by atoms with E-state index in [0.717, 1.165) is 6.20 Å². The van der Waals surface area contributed by atoms with Crippen LogP contribution in [0.1, 0.15) is 48.0 Å². The van der Waals surface area contributed by atoms with Gasteiger partial charge in [0.05, 0.1) is 17.1 Å². The average Bonchev–Trinajstić information content (AvgIpc) is 2.75. The molecule has 2 atom stereocenters. The summed E-state index contributed by atoms with van der Waals surface area (Å²) >= 11 is 0. The van der Waals surface area contributed by atoms with Crippen molar-refractivity contribution in [3.8, 4) is 0 Å². The van der Waals surface area contributed by atoms with E-state index in [1.807, 2.05) is 0 Å². The Labute approximate surface area is 151 Å². The second-order valence-electron chi connectivity index (χ2n) is 9.06. The largest absolute Gasteiger partial charge is 0.444 e. The molecule has 1 amide bonds. The lowest BCUT2D eigenvalue weighted by Gasteiger charge is -2.38. The molecule has 0 radical (unpaired) electrons. The van der Waals surface area contributed by atoms with Crippen LogP contribution in [0.2, 0.25) is 18.1 Å². The Hall–Kier alpha value is -1.41. The fourth-order valence-electron chi connectivity index (χ4n) is 2.39. The Kier molecular flexibility index (Phi) is 6.45. The van der Waals surface area contributed by atoms with Gasteiger partial charge in [-0.05, 0) is 45.3 Å². The van der Waals surface area contributed by atoms with Crippen LogP contribution >= 0.6 is 0 Å². The van der Waals surface area contributed by atoms with Crippen molar-refractivity contribution in [2.24, 2.45) is 0 Å². The number of amides is 1. The monoisotopic (exact) mass is 372 g/mol. The zero-order chi connectivity index (χ0) is 19.6. The minimum Gasteiger partial charge on any atom is -0.444 e. The van der Waals surface area contributed by atoms with Gasteiger partial charge in [-0.3, -0.25) is 15.0 Å². The summed E-state index contributed by atoms with van der Waals surface area (Å²) in [7, 11) is -1.99. The fraction of sp³-hybridized carbons (Fsp3) is 0.824. The molecule has 1 fully saturated rings. The van der Waals surface area contributed by atoms with E-state index in [2.05, 4.69) is 33.9 Å². The van der Waals surface area contributed by atoms with Gasteiger partial charge in [0, 0.05) is 12.6 Å². The van der Waals surface area contributed by atoms with Crippen LogP contribution < -0.4 is 0 Å². The molecule has 0 aliphatic carbocycles. The van der Waals surface area contributed by atoms with E-state index in [9.17, 15) is 14.9 Å². The molecule has 25 heavy (non-hydrogen) atoms. The number of nitro groups is 1. The molecule has 8 heteroatoms. The van der Waals surface area contributed by atoms with Gasteiger partial charge in [0.2, 0.25) is 6.20 Å². The Morgan fingerprint density at radius 3 is 2.24 bits per heavy atom. The molecule has 0 saturated carbocycles. The van der Waals surface area contributed by atoms with E-state index >= 15 is 0 Å². The van der Waals surface area contributed by atoms with Gasteiger partial charge in [0.25, 0.3) is 0 Å². The molecule has 0 aromatic carbocycles. The first kappa shape index (κ1) is 21.6. The van der Waals surface area contributed by atoms with Gasteiger partial charge in [0.1, 0.15) is 5.60 Å². The highest BCUT2D eigenvalue weighted by molar-refractivity contribution is 6.74. The van der Waals surface area contributed by atoms with Crippen LogP contribution in [0.4, 0.5) is 4.79 Å². The highest BCUT2D eigenvalue weighted by Gasteiger charge is 2.44. The first-order valence-electron chi connectivity index (χ1n) is 8.61. The van der Waals surface area contributed by atoms with Crippen molar-refractivity contribution >= 4 is 14.4 Å². The van der Waals surface area contributed by atoms with Gasteiger partial charge < -0.3 is 9.16 Å². The number of rotatable bonds is 4. The van der Waals surface area contributed by atoms with Crippen molar-refractivity contribution in [2.45, 2.75) is 83.8 Å². The molecule has 0 aromatic rings. The van der Waals surface area contributed by atoms with Gasteiger partial charge in [0.15, 0.2) is 8.32 Å². The number of ether oxygens (including phenoxy) is 1. The summed E-state index contributed by atoms with van der Waals surface area (Å²) in [5.74, 6) is 0. The highest BCUT2D eigenvalue weighted by atomic mass is 28.4. The van der Waals surface area contributed by atoms with Gasteiger partial charge >= 0.3 is 6.09 Å². The summed E-state index contributed by atoms with van der Waals surface area (Å²) in [6.07, 6.45) is 2.26. The van der Waals surface area contributed by atoms with Gasteiger partial charge in [-0.1, -0.05) is 20.8 Å². The molecule has 1 rings (SSSR count). The third-order valence-electron chi connectivity index (χ3n) is 4.63. The van der Waals surface area contributed by atoms with Crippen molar-refractivity contribution in [2.75, 3.05) is 6.54 Å². The standard InChI is InChI=1S/C17H32N2O5Si/c1-16(2,3)23-15(20)18-12-14(11-13(18)9-10-19(21)22)24-25(7,8)17(4,5)6/h9-10,13-14H,11-12H2,1-8H3/t13-,14-/m1/s1. The first-order valence-corrected chi connectivity index (χ1v) is 11.5. The van der Waals surface area contributed by atoms with Crippen molar-refractivity contribution in [3.63, 3.8) is 0 Å². The maximum Gasteiger partial charge on any atom is 0.410 e. The van der Waals surface area contributed by atoms with Crippen molar-refractivity contribution < 1.29 is 18.9 Å². The van der Waals surface area contributed by atoms with Crippen molar-refractivity contribution in [3.05, 3.63) is 22.4 Å². The lowest BCUT2D eigenvalue weighted by atomic mass is 10.2. The second-order valence-corrected chi connectivity index (χ2v) is 13.8. The molecule has 0 bridgehead atoms. The molecule has 1 saturated heterocycles. The lowest BCUT2D eigenvalue weighted by Crippen LogP contribution is -2.45. The van der Waals surface area contributed by atoms with E-state index in [1.54, 1.807) is 20.8 Å². The summed E-state index contributed by atoms with van der Waals surface area (Å²) in [6, 6.07) is -0.394. The molecule has 7 nitrogen and oxygen atoms in total. The number of carbonyl (C=O) groups is 1. The van der Waals surface area contributed by atoms with Gasteiger partial charge in [-0.15, -0.1) is 0 Å². The summed E-state index contributed by atoms with van der Waals surface area (Å²) in [5, 5.41) is 10.7. The minimum absolute atomic E-state index is 0.0541. The quantitative estimate of drug-likeness (QED) is 0.420. The Morgan fingerprint density at radius 1 is 1.24 bits per heavy atom. The van der Waals surface area contributed by atoms with Crippen LogP contribution in [-0.4, -0.2) is 48.5 Å². The maximum absolute atomic E-state index is 12.5. The van der Waals surface area contributed by atoms with E-state index < -0.39 is 31.0 Å². The van der Waals surface area contributed by atoms with Crippen molar-refractivity contribution in [1.82, 2.24) is 4.90 Å². The molecule has 144 valence electrons. The Morgan fingerprint density at radius 2 is 1.80 bits per heavy atom. The predicted molar refractivity (Wildman–Crippen MR) is 99.5 cm³/mol. The number of hydrogen-bond donors (Lipinski definition) is 0. The molecule has 1 aliphatic rings. The maximum atomic E-state index is 12.5. The van der Waals surface area contributed by atoms with E-state index in [-0.39, 0.29) is 11.1 Å². The van der Waals surface area contributed by atoms with Crippen LogP contribution in [0, 0.1) is 10.1 Å². The highest BCUT2D eigenvalue weighted by Crippen LogP contribution is 2.39. The third kappa shape index (κ3) is 6.43. The smallest absolute Gasteiger partial charge is 0.410 e. The van der Waals surface area contributed by atoms with E-state index in [4.69, 9.17) is 9.16 Å². The number of hydrogen-bond acceptors (Lipinski definition) is 5. The minimum atomic E-state index is -1.99. The molecule has 0 aromatic heterocycles. The summed E-state index contributed by atoms with van der Waals surface area (Å²) in [6.45, 7) is 16.6. The number of likely N-dealkylation sites (tertiary alicyclic amines) is 1. The molecule has 0 spiro atoms. The Bertz CT molecular complexity index is 534. The van der Waals surface area contributed by atoms with Gasteiger partial charge in [-0.25, -0.2) is 4.79 Å². The lowest BCUT2D eigenvalue weighted by molar-refractivity contribution is -0.402. The molecule has 0 unspecified atom stereocenters. The van der Waals surface area contributed by atoms with Crippen LogP contribution in [0.5, 0.6) is 0 Å². The summed E-state index contributed by atoms with van der Waals surface area (Å²) in [5.41, 5.74) is -0.618. The molecular weight excluding hydrogens is 340 g/mol. The second kappa shape index (κ2) is 7.45. The van der Waals surface area contributed by atoms with Crippen LogP contribution in [0.3, 0.4) is 0 Å². The van der Waals surface area contributed by atoms with Crippen LogP contribution in [0.15, 0.2) is 12.3 Å². The third-order valence-corrected chi connectivity index (χ3v) is 9.17. The Balaban J connectivity index is 2.94. The molecular formula is C17H32N2O5Si. The molecule has 0 N–H and O–H groups in total. The SMILES string of the molecule is CC(C)(C)OC(=O)N1C[C@H](O[Si](C)(C)C(C)(C)C)C[C@H]1C=C[N+](=O)[O-].